The molecule has 6 nitrogen and oxygen atoms in total. The molecule has 6 atom stereocenters. The van der Waals surface area contributed by atoms with E-state index in [0.29, 0.717) is 0 Å². The fourth-order valence-electron chi connectivity index (χ4n) is 3.64. The number of ether oxygens (including phenoxy) is 2. The van der Waals surface area contributed by atoms with Crippen LogP contribution in [-0.4, -0.2) is 56.5 Å². The Morgan fingerprint density at radius 2 is 1.14 bits per heavy atom. The quantitative estimate of drug-likeness (QED) is 0.572. The Hall–Kier alpha value is -1.80. The van der Waals surface area contributed by atoms with E-state index in [2.05, 4.69) is 0 Å². The third-order valence-corrected chi connectivity index (χ3v) is 5.46. The summed E-state index contributed by atoms with van der Waals surface area (Å²) in [6.07, 6.45) is -6.34. The van der Waals surface area contributed by atoms with Crippen molar-refractivity contribution < 1.29 is 29.9 Å². The van der Waals surface area contributed by atoms with Crippen LogP contribution in [0.2, 0.25) is 0 Å². The van der Waals surface area contributed by atoms with E-state index < -0.39 is 36.1 Å². The zero-order chi connectivity index (χ0) is 20.1. The van der Waals surface area contributed by atoms with Crippen LogP contribution < -0.4 is 0 Å². The number of hydrogen-bond donors (Lipinski definition) is 4. The van der Waals surface area contributed by atoms with Crippen molar-refractivity contribution in [2.75, 3.05) is 0 Å². The predicted molar refractivity (Wildman–Crippen MR) is 103 cm³/mol. The molecule has 0 radical (unpaired) electrons. The zero-order valence-corrected chi connectivity index (χ0v) is 15.9. The highest BCUT2D eigenvalue weighted by Gasteiger charge is 2.58. The summed E-state index contributed by atoms with van der Waals surface area (Å²) in [5, 5.41) is 43.0. The fourth-order valence-corrected chi connectivity index (χ4v) is 3.64. The first-order valence-corrected chi connectivity index (χ1v) is 9.55. The summed E-state index contributed by atoms with van der Waals surface area (Å²) in [6.45, 7) is 1.97. The number of rotatable bonds is 7. The van der Waals surface area contributed by atoms with Crippen molar-refractivity contribution in [2.24, 2.45) is 0 Å². The van der Waals surface area contributed by atoms with Gasteiger partial charge in [-0.05, 0) is 17.5 Å². The lowest BCUT2D eigenvalue weighted by atomic mass is 9.73. The molecule has 1 aliphatic carbocycles. The molecule has 0 spiro atoms. The van der Waals surface area contributed by atoms with Crippen LogP contribution in [0.3, 0.4) is 0 Å². The lowest BCUT2D eigenvalue weighted by molar-refractivity contribution is -0.288. The van der Waals surface area contributed by atoms with Crippen molar-refractivity contribution in [1.82, 2.24) is 0 Å². The topological polar surface area (TPSA) is 99.4 Å². The highest BCUT2D eigenvalue weighted by atomic mass is 16.5. The molecule has 1 saturated carbocycles. The average Bonchev–Trinajstić information content (AvgIpc) is 2.73. The minimum absolute atomic E-state index is 0.0818. The normalized spacial score (nSPS) is 33.0. The van der Waals surface area contributed by atoms with Gasteiger partial charge in [-0.25, -0.2) is 0 Å². The minimum Gasteiger partial charge on any atom is -0.387 e. The van der Waals surface area contributed by atoms with Gasteiger partial charge >= 0.3 is 0 Å². The SMILES string of the molecule is CCC1(O)[C@H](O)[C@@H](OCc2ccccc2)C(O)[C@H](OCc2ccccc2)[C@@H]1O. The maximum Gasteiger partial charge on any atom is 0.121 e. The molecule has 2 aromatic carbocycles. The number of benzene rings is 2. The van der Waals surface area contributed by atoms with Crippen molar-refractivity contribution in [3.8, 4) is 0 Å². The number of hydrogen-bond acceptors (Lipinski definition) is 6. The third kappa shape index (κ3) is 4.27. The van der Waals surface area contributed by atoms with Gasteiger partial charge in [0, 0.05) is 0 Å². The van der Waals surface area contributed by atoms with Gasteiger partial charge in [-0.3, -0.25) is 0 Å². The third-order valence-electron chi connectivity index (χ3n) is 5.46. The molecule has 0 bridgehead atoms. The Kier molecular flexibility index (Phi) is 6.82. The monoisotopic (exact) mass is 388 g/mol. The largest absolute Gasteiger partial charge is 0.387 e. The Balaban J connectivity index is 1.76. The minimum atomic E-state index is -1.85. The summed E-state index contributed by atoms with van der Waals surface area (Å²) in [6, 6.07) is 18.7. The van der Waals surface area contributed by atoms with Crippen LogP contribution in [0, 0.1) is 0 Å². The number of aliphatic hydroxyl groups excluding tert-OH is 3. The highest BCUT2D eigenvalue weighted by Crippen LogP contribution is 2.36. The van der Waals surface area contributed by atoms with Gasteiger partial charge in [0.1, 0.15) is 36.1 Å². The molecule has 0 amide bonds. The second-order valence-corrected chi connectivity index (χ2v) is 7.25. The molecular formula is C22H28O6. The molecule has 1 aliphatic rings. The van der Waals surface area contributed by atoms with Crippen molar-refractivity contribution in [3.05, 3.63) is 71.8 Å². The lowest BCUT2D eigenvalue weighted by Crippen LogP contribution is -2.71. The molecular weight excluding hydrogens is 360 g/mol. The van der Waals surface area contributed by atoms with E-state index in [-0.39, 0.29) is 19.6 Å². The first kappa shape index (κ1) is 20.9. The summed E-state index contributed by atoms with van der Waals surface area (Å²) in [5.41, 5.74) is -0.105. The molecule has 28 heavy (non-hydrogen) atoms. The predicted octanol–water partition coefficient (Wildman–Crippen LogP) is 1.39. The molecule has 4 N–H and O–H groups in total. The number of aliphatic hydroxyl groups is 4. The van der Waals surface area contributed by atoms with Gasteiger partial charge in [-0.1, -0.05) is 67.6 Å². The summed E-state index contributed by atoms with van der Waals surface area (Å²) in [4.78, 5) is 0. The van der Waals surface area contributed by atoms with Gasteiger partial charge in [-0.15, -0.1) is 0 Å². The first-order valence-electron chi connectivity index (χ1n) is 9.55. The van der Waals surface area contributed by atoms with Gasteiger partial charge in [0.25, 0.3) is 0 Å². The van der Waals surface area contributed by atoms with Gasteiger partial charge in [0.05, 0.1) is 13.2 Å². The second kappa shape index (κ2) is 9.13. The van der Waals surface area contributed by atoms with Gasteiger partial charge < -0.3 is 29.9 Å². The van der Waals surface area contributed by atoms with Gasteiger partial charge in [-0.2, -0.15) is 0 Å². The van der Waals surface area contributed by atoms with Crippen LogP contribution in [0.1, 0.15) is 24.5 Å². The molecule has 1 fully saturated rings. The van der Waals surface area contributed by atoms with Crippen LogP contribution in [0.4, 0.5) is 0 Å². The summed E-state index contributed by atoms with van der Waals surface area (Å²) < 4.78 is 11.5. The first-order chi connectivity index (χ1) is 13.5. The molecule has 2 aromatic rings. The molecule has 152 valence electrons. The van der Waals surface area contributed by atoms with Crippen LogP contribution in [0.15, 0.2) is 60.7 Å². The Labute approximate surface area is 165 Å². The highest BCUT2D eigenvalue weighted by molar-refractivity contribution is 5.16. The standard InChI is InChI=1S/C22H28O6/c1-2-22(26)20(24)18(27-13-15-9-5-3-6-10-15)17(23)19(21(22)25)28-14-16-11-7-4-8-12-16/h3-12,17-21,23-26H,2,13-14H2,1H3/t17?,18-,19-,20-,21+,22?/m0/s1. The van der Waals surface area contributed by atoms with E-state index in [1.807, 2.05) is 60.7 Å². The van der Waals surface area contributed by atoms with E-state index in [0.717, 1.165) is 11.1 Å². The molecule has 0 aromatic heterocycles. The van der Waals surface area contributed by atoms with E-state index in [4.69, 9.17) is 9.47 Å². The van der Waals surface area contributed by atoms with Crippen molar-refractivity contribution in [3.63, 3.8) is 0 Å². The molecule has 0 heterocycles. The van der Waals surface area contributed by atoms with Gasteiger partial charge in [0.15, 0.2) is 0 Å². The second-order valence-electron chi connectivity index (χ2n) is 7.25. The van der Waals surface area contributed by atoms with Crippen LogP contribution in [-0.2, 0) is 22.7 Å². The zero-order valence-electron chi connectivity index (χ0n) is 15.9. The van der Waals surface area contributed by atoms with E-state index in [1.54, 1.807) is 6.92 Å². The van der Waals surface area contributed by atoms with Crippen molar-refractivity contribution in [1.29, 1.82) is 0 Å². The van der Waals surface area contributed by atoms with Crippen LogP contribution >= 0.6 is 0 Å². The fraction of sp³-hybridized carbons (Fsp3) is 0.455. The lowest BCUT2D eigenvalue weighted by Gasteiger charge is -2.50. The van der Waals surface area contributed by atoms with E-state index >= 15 is 0 Å². The van der Waals surface area contributed by atoms with E-state index in [9.17, 15) is 20.4 Å². The average molecular weight is 388 g/mol. The van der Waals surface area contributed by atoms with Crippen molar-refractivity contribution in [2.45, 2.75) is 62.7 Å². The molecule has 3 rings (SSSR count). The maximum absolute atomic E-state index is 10.9. The maximum atomic E-state index is 10.9. The van der Waals surface area contributed by atoms with Crippen LogP contribution in [0.5, 0.6) is 0 Å². The van der Waals surface area contributed by atoms with Crippen molar-refractivity contribution >= 4 is 0 Å². The van der Waals surface area contributed by atoms with Gasteiger partial charge in [0.2, 0.25) is 0 Å². The van der Waals surface area contributed by atoms with Crippen LogP contribution in [0.25, 0.3) is 0 Å². The molecule has 0 aliphatic heterocycles. The smallest absolute Gasteiger partial charge is 0.121 e. The molecule has 2 unspecified atom stereocenters. The summed E-state index contributed by atoms with van der Waals surface area (Å²) >= 11 is 0. The Bertz CT molecular complexity index is 665. The molecule has 0 saturated heterocycles. The summed E-state index contributed by atoms with van der Waals surface area (Å²) in [5.74, 6) is 0. The Morgan fingerprint density at radius 3 is 1.50 bits per heavy atom. The Morgan fingerprint density at radius 1 is 0.750 bits per heavy atom. The summed E-state index contributed by atoms with van der Waals surface area (Å²) in [7, 11) is 0. The van der Waals surface area contributed by atoms with E-state index in [1.165, 1.54) is 0 Å². The molecule has 6 heteroatoms.